The van der Waals surface area contributed by atoms with Gasteiger partial charge in [0.2, 0.25) is 0 Å². The normalized spacial score (nSPS) is 21.7. The highest BCUT2D eigenvalue weighted by molar-refractivity contribution is 8.16. The zero-order valence-electron chi connectivity index (χ0n) is 16.0. The van der Waals surface area contributed by atoms with E-state index in [-0.39, 0.29) is 11.9 Å². The van der Waals surface area contributed by atoms with E-state index in [2.05, 4.69) is 31.9 Å². The number of anilines is 1. The van der Waals surface area contributed by atoms with Crippen LogP contribution in [0.15, 0.2) is 57.9 Å². The average molecular weight is 426 g/mol. The van der Waals surface area contributed by atoms with Crippen LogP contribution in [0.4, 0.5) is 5.69 Å². The summed E-state index contributed by atoms with van der Waals surface area (Å²) in [5, 5.41) is 11.7. The van der Waals surface area contributed by atoms with E-state index >= 15 is 0 Å². The molecule has 0 radical (unpaired) electrons. The average Bonchev–Trinajstić information content (AvgIpc) is 3.48. The lowest BCUT2D eigenvalue weighted by molar-refractivity contribution is 0.103. The largest absolute Gasteiger partial charge is 0.321 e. The van der Waals surface area contributed by atoms with E-state index < -0.39 is 0 Å². The van der Waals surface area contributed by atoms with Gasteiger partial charge in [-0.05, 0) is 22.9 Å². The fourth-order valence-electron chi connectivity index (χ4n) is 3.90. The predicted molar refractivity (Wildman–Crippen MR) is 121 cm³/mol. The second kappa shape index (κ2) is 8.31. The molecule has 4 heterocycles. The Bertz CT molecular complexity index is 950. The molecule has 3 aliphatic heterocycles. The van der Waals surface area contributed by atoms with Crippen LogP contribution in [0, 0.1) is 0 Å². The Labute approximate surface area is 178 Å². The van der Waals surface area contributed by atoms with Crippen LogP contribution in [0.3, 0.4) is 0 Å². The van der Waals surface area contributed by atoms with Gasteiger partial charge in [0.1, 0.15) is 0 Å². The second-order valence-electron chi connectivity index (χ2n) is 7.31. The molecule has 1 saturated heterocycles. The number of hydrogen-bond donors (Lipinski definition) is 2. The first kappa shape index (κ1) is 18.9. The summed E-state index contributed by atoms with van der Waals surface area (Å²) in [4.78, 5) is 23.1. The highest BCUT2D eigenvalue weighted by atomic mass is 32.2. The van der Waals surface area contributed by atoms with Crippen molar-refractivity contribution >= 4 is 39.9 Å². The third kappa shape index (κ3) is 3.98. The number of thiophene rings is 1. The summed E-state index contributed by atoms with van der Waals surface area (Å²) in [5.74, 6) is -0.0627. The second-order valence-corrected chi connectivity index (χ2v) is 9.09. The van der Waals surface area contributed by atoms with Crippen LogP contribution in [-0.4, -0.2) is 60.1 Å². The lowest BCUT2D eigenvalue weighted by atomic mass is 10.0. The van der Waals surface area contributed by atoms with E-state index in [1.165, 1.54) is 17.0 Å². The standard InChI is InChI=1S/C21H23N5OS2/c27-20(19-6-3-11-28-19)23-17-5-2-1-4-16(17)18-13-26-15(14-29-21(26)24-18)12-25-9-7-22-8-10-25/h1-6,11,14,18,22H,7-10,12-13H2,(H,23,27). The molecule has 3 aliphatic rings. The van der Waals surface area contributed by atoms with E-state index in [0.717, 1.165) is 60.6 Å². The number of piperazine rings is 1. The molecule has 0 saturated carbocycles. The van der Waals surface area contributed by atoms with Crippen molar-refractivity contribution in [2.75, 3.05) is 44.6 Å². The molecule has 1 unspecified atom stereocenters. The van der Waals surface area contributed by atoms with E-state index in [0.29, 0.717) is 0 Å². The molecule has 8 heteroatoms. The first-order valence-corrected chi connectivity index (χ1v) is 11.6. The van der Waals surface area contributed by atoms with Crippen molar-refractivity contribution in [3.05, 3.63) is 63.3 Å². The Balaban J connectivity index is 1.30. The van der Waals surface area contributed by atoms with Crippen LogP contribution in [0.1, 0.15) is 21.3 Å². The van der Waals surface area contributed by atoms with E-state index in [9.17, 15) is 4.79 Å². The molecular formula is C21H23N5OS2. The Morgan fingerprint density at radius 3 is 2.90 bits per heavy atom. The van der Waals surface area contributed by atoms with Gasteiger partial charge in [-0.15, -0.1) is 11.3 Å². The van der Waals surface area contributed by atoms with Crippen molar-refractivity contribution in [2.45, 2.75) is 6.04 Å². The van der Waals surface area contributed by atoms with Crippen molar-refractivity contribution in [2.24, 2.45) is 4.99 Å². The molecule has 1 fully saturated rings. The molecule has 2 N–H and O–H groups in total. The quantitative estimate of drug-likeness (QED) is 0.770. The number of nitrogens with zero attached hydrogens (tertiary/aromatic N) is 3. The molecule has 29 heavy (non-hydrogen) atoms. The van der Waals surface area contributed by atoms with Crippen molar-refractivity contribution in [3.8, 4) is 0 Å². The lowest BCUT2D eigenvalue weighted by Crippen LogP contribution is -2.45. The summed E-state index contributed by atoms with van der Waals surface area (Å²) in [6, 6.07) is 11.8. The van der Waals surface area contributed by atoms with Gasteiger partial charge in [0.25, 0.3) is 5.91 Å². The van der Waals surface area contributed by atoms with Crippen LogP contribution in [0.5, 0.6) is 0 Å². The summed E-state index contributed by atoms with van der Waals surface area (Å²) in [7, 11) is 0. The van der Waals surface area contributed by atoms with Gasteiger partial charge in [0, 0.05) is 49.7 Å². The highest BCUT2D eigenvalue weighted by Crippen LogP contribution is 2.39. The number of fused-ring (bicyclic) bond motifs is 1. The first-order chi connectivity index (χ1) is 14.3. The molecule has 1 aromatic heterocycles. The number of amides is 1. The minimum absolute atomic E-state index is 0.0315. The predicted octanol–water partition coefficient (Wildman–Crippen LogP) is 3.21. The number of thioether (sulfide) groups is 1. The summed E-state index contributed by atoms with van der Waals surface area (Å²) < 4.78 is 0. The third-order valence-corrected chi connectivity index (χ3v) is 7.20. The van der Waals surface area contributed by atoms with Crippen LogP contribution < -0.4 is 10.6 Å². The summed E-state index contributed by atoms with van der Waals surface area (Å²) in [5.41, 5.74) is 3.25. The number of rotatable bonds is 5. The number of hydrogen-bond acceptors (Lipinski definition) is 7. The zero-order valence-corrected chi connectivity index (χ0v) is 17.6. The molecule has 0 aliphatic carbocycles. The molecule has 6 nitrogen and oxygen atoms in total. The molecule has 0 spiro atoms. The van der Waals surface area contributed by atoms with E-state index in [4.69, 9.17) is 4.99 Å². The minimum atomic E-state index is -0.0627. The SMILES string of the molecule is O=C(Nc1ccccc1C1CN2C(CN3CCNCC3)=CSC2=N1)c1cccs1. The molecule has 0 bridgehead atoms. The van der Waals surface area contributed by atoms with Gasteiger partial charge in [-0.1, -0.05) is 36.0 Å². The van der Waals surface area contributed by atoms with Crippen LogP contribution >= 0.6 is 23.1 Å². The Morgan fingerprint density at radius 2 is 2.07 bits per heavy atom. The monoisotopic (exact) mass is 425 g/mol. The van der Waals surface area contributed by atoms with E-state index in [1.807, 2.05) is 35.7 Å². The van der Waals surface area contributed by atoms with Crippen LogP contribution in [-0.2, 0) is 0 Å². The van der Waals surface area contributed by atoms with Gasteiger partial charge in [-0.25, -0.2) is 0 Å². The number of benzene rings is 1. The fourth-order valence-corrected chi connectivity index (χ4v) is 5.46. The number of aliphatic imine (C=N–C) groups is 1. The topological polar surface area (TPSA) is 60.0 Å². The summed E-state index contributed by atoms with van der Waals surface area (Å²) >= 11 is 3.16. The highest BCUT2D eigenvalue weighted by Gasteiger charge is 2.34. The molecule has 2 aromatic rings. The van der Waals surface area contributed by atoms with Crippen LogP contribution in [0.25, 0.3) is 0 Å². The lowest BCUT2D eigenvalue weighted by Gasteiger charge is -2.29. The number of carbonyl (C=O) groups is 1. The summed E-state index contributed by atoms with van der Waals surface area (Å²) in [6.45, 7) is 6.08. The first-order valence-electron chi connectivity index (χ1n) is 9.86. The van der Waals surface area contributed by atoms with Crippen molar-refractivity contribution in [1.82, 2.24) is 15.1 Å². The molecule has 5 rings (SSSR count). The summed E-state index contributed by atoms with van der Waals surface area (Å²) in [6.07, 6.45) is 0. The molecular weight excluding hydrogens is 402 g/mol. The fraction of sp³-hybridized carbons (Fsp3) is 0.333. The maximum Gasteiger partial charge on any atom is 0.265 e. The number of amidine groups is 1. The Hall–Kier alpha value is -2.13. The number of nitrogens with one attached hydrogen (secondary N) is 2. The Kier molecular flexibility index (Phi) is 5.41. The van der Waals surface area contributed by atoms with Crippen molar-refractivity contribution in [3.63, 3.8) is 0 Å². The van der Waals surface area contributed by atoms with Gasteiger partial charge >= 0.3 is 0 Å². The van der Waals surface area contributed by atoms with Gasteiger partial charge in [0.15, 0.2) is 5.17 Å². The smallest absolute Gasteiger partial charge is 0.265 e. The maximum absolute atomic E-state index is 12.5. The minimum Gasteiger partial charge on any atom is -0.321 e. The molecule has 1 amide bonds. The molecule has 1 atom stereocenters. The van der Waals surface area contributed by atoms with Gasteiger partial charge in [-0.3, -0.25) is 14.7 Å². The molecule has 150 valence electrons. The van der Waals surface area contributed by atoms with E-state index in [1.54, 1.807) is 11.8 Å². The molecule has 1 aromatic carbocycles. The number of para-hydroxylation sites is 1. The van der Waals surface area contributed by atoms with Crippen molar-refractivity contribution in [1.29, 1.82) is 0 Å². The van der Waals surface area contributed by atoms with Gasteiger partial charge in [0.05, 0.1) is 17.5 Å². The number of carbonyl (C=O) groups excluding carboxylic acids is 1. The van der Waals surface area contributed by atoms with Crippen LogP contribution in [0.2, 0.25) is 0 Å². The Morgan fingerprint density at radius 1 is 1.21 bits per heavy atom. The maximum atomic E-state index is 12.5. The van der Waals surface area contributed by atoms with Crippen molar-refractivity contribution < 1.29 is 4.79 Å². The zero-order chi connectivity index (χ0) is 19.6. The van der Waals surface area contributed by atoms with Gasteiger partial charge < -0.3 is 15.5 Å². The third-order valence-electron chi connectivity index (χ3n) is 5.41. The van der Waals surface area contributed by atoms with Gasteiger partial charge in [-0.2, -0.15) is 0 Å².